The van der Waals surface area contributed by atoms with E-state index in [4.69, 9.17) is 4.74 Å². The highest BCUT2D eigenvalue weighted by molar-refractivity contribution is 5.92. The molecule has 25 heavy (non-hydrogen) atoms. The monoisotopic (exact) mass is 352 g/mol. The maximum Gasteiger partial charge on any atom is 0.416 e. The van der Waals surface area contributed by atoms with Gasteiger partial charge in [0, 0.05) is 18.3 Å². The molecule has 0 spiro atoms. The molecule has 0 aliphatic rings. The Morgan fingerprint density at radius 2 is 1.68 bits per heavy atom. The third-order valence-electron chi connectivity index (χ3n) is 3.02. The lowest BCUT2D eigenvalue weighted by molar-refractivity contribution is -0.137. The Hall–Kier alpha value is -3.03. The van der Waals surface area contributed by atoms with Crippen molar-refractivity contribution in [1.82, 2.24) is 0 Å². The molecule has 5 nitrogen and oxygen atoms in total. The first-order chi connectivity index (χ1) is 11.7. The van der Waals surface area contributed by atoms with Crippen molar-refractivity contribution in [1.29, 1.82) is 0 Å². The molecule has 0 atom stereocenters. The van der Waals surface area contributed by atoms with Gasteiger partial charge < -0.3 is 15.4 Å². The van der Waals surface area contributed by atoms with Gasteiger partial charge in [-0.1, -0.05) is 6.07 Å². The molecule has 2 N–H and O–H groups in total. The Kier molecular flexibility index (Phi) is 5.63. The molecule has 0 unspecified atom stereocenters. The summed E-state index contributed by atoms with van der Waals surface area (Å²) in [5.41, 5.74) is -0.238. The zero-order valence-electron chi connectivity index (χ0n) is 13.2. The molecule has 0 aromatic heterocycles. The minimum Gasteiger partial charge on any atom is -0.484 e. The van der Waals surface area contributed by atoms with Crippen molar-refractivity contribution in [2.75, 3.05) is 17.2 Å². The Bertz CT molecular complexity index is 758. The fourth-order valence-corrected chi connectivity index (χ4v) is 1.96. The van der Waals surface area contributed by atoms with Crippen LogP contribution in [0.15, 0.2) is 48.5 Å². The van der Waals surface area contributed by atoms with Gasteiger partial charge in [-0.3, -0.25) is 9.59 Å². The molecular formula is C17H15F3N2O3. The fraction of sp³-hybridized carbons (Fsp3) is 0.176. The number of carbonyl (C=O) groups is 2. The Balaban J connectivity index is 1.89. The van der Waals surface area contributed by atoms with Gasteiger partial charge in [0.15, 0.2) is 6.61 Å². The summed E-state index contributed by atoms with van der Waals surface area (Å²) < 4.78 is 43.1. The Morgan fingerprint density at radius 1 is 1.00 bits per heavy atom. The lowest BCUT2D eigenvalue weighted by atomic mass is 10.2. The van der Waals surface area contributed by atoms with Crippen LogP contribution in [0.1, 0.15) is 12.5 Å². The van der Waals surface area contributed by atoms with Gasteiger partial charge in [0.05, 0.1) is 5.56 Å². The molecule has 2 amide bonds. The summed E-state index contributed by atoms with van der Waals surface area (Å²) in [4.78, 5) is 22.7. The van der Waals surface area contributed by atoms with Crippen LogP contribution >= 0.6 is 0 Å². The van der Waals surface area contributed by atoms with E-state index in [2.05, 4.69) is 10.6 Å². The average molecular weight is 352 g/mol. The molecule has 0 radical (unpaired) electrons. The molecule has 0 bridgehead atoms. The predicted octanol–water partition coefficient (Wildman–Crippen LogP) is 3.68. The van der Waals surface area contributed by atoms with Crippen LogP contribution < -0.4 is 15.4 Å². The summed E-state index contributed by atoms with van der Waals surface area (Å²) in [6, 6.07) is 10.6. The van der Waals surface area contributed by atoms with E-state index in [1.54, 1.807) is 24.3 Å². The maximum atomic E-state index is 12.6. The number of benzene rings is 2. The van der Waals surface area contributed by atoms with E-state index in [-0.39, 0.29) is 18.2 Å². The molecule has 2 rings (SSSR count). The largest absolute Gasteiger partial charge is 0.484 e. The molecule has 2 aromatic rings. The summed E-state index contributed by atoms with van der Waals surface area (Å²) in [6.07, 6.45) is -4.48. The number of alkyl halides is 3. The van der Waals surface area contributed by atoms with Crippen molar-refractivity contribution in [3.05, 3.63) is 54.1 Å². The van der Waals surface area contributed by atoms with Gasteiger partial charge in [-0.25, -0.2) is 0 Å². The molecule has 0 heterocycles. The van der Waals surface area contributed by atoms with Crippen LogP contribution in [0.4, 0.5) is 24.5 Å². The molecule has 0 aliphatic carbocycles. The number of amides is 2. The molecular weight excluding hydrogens is 337 g/mol. The Labute approximate surface area is 141 Å². The number of anilines is 2. The van der Waals surface area contributed by atoms with Gasteiger partial charge >= 0.3 is 6.18 Å². The van der Waals surface area contributed by atoms with Crippen LogP contribution in [0.2, 0.25) is 0 Å². The Morgan fingerprint density at radius 3 is 2.28 bits per heavy atom. The van der Waals surface area contributed by atoms with E-state index >= 15 is 0 Å². The standard InChI is InChI=1S/C17H15F3N2O3/c1-11(23)21-13-5-7-15(8-6-13)25-10-16(24)22-14-4-2-3-12(9-14)17(18,19)20/h2-9H,10H2,1H3,(H,21,23)(H,22,24). The summed E-state index contributed by atoms with van der Waals surface area (Å²) in [6.45, 7) is 1.01. The number of rotatable bonds is 5. The normalized spacial score (nSPS) is 10.9. The van der Waals surface area contributed by atoms with Crippen molar-refractivity contribution in [3.8, 4) is 5.75 Å². The van der Waals surface area contributed by atoms with Crippen LogP contribution in [-0.2, 0) is 15.8 Å². The van der Waals surface area contributed by atoms with E-state index in [1.807, 2.05) is 0 Å². The second-order valence-corrected chi connectivity index (χ2v) is 5.12. The number of halogens is 3. The first kappa shape index (κ1) is 18.3. The molecule has 2 aromatic carbocycles. The molecule has 0 saturated carbocycles. The summed E-state index contributed by atoms with van der Waals surface area (Å²) in [7, 11) is 0. The van der Waals surface area contributed by atoms with Crippen molar-refractivity contribution < 1.29 is 27.5 Å². The minimum absolute atomic E-state index is 0.0319. The predicted molar refractivity (Wildman–Crippen MR) is 86.3 cm³/mol. The van der Waals surface area contributed by atoms with E-state index < -0.39 is 17.6 Å². The number of ether oxygens (including phenoxy) is 1. The van der Waals surface area contributed by atoms with Crippen molar-refractivity contribution in [3.63, 3.8) is 0 Å². The fourth-order valence-electron chi connectivity index (χ4n) is 1.96. The van der Waals surface area contributed by atoms with Gasteiger partial charge in [-0.2, -0.15) is 13.2 Å². The quantitative estimate of drug-likeness (QED) is 0.863. The summed E-state index contributed by atoms with van der Waals surface area (Å²) >= 11 is 0. The number of hydrogen-bond acceptors (Lipinski definition) is 3. The lowest BCUT2D eigenvalue weighted by Gasteiger charge is -2.11. The van der Waals surface area contributed by atoms with E-state index in [9.17, 15) is 22.8 Å². The van der Waals surface area contributed by atoms with Crippen molar-refractivity contribution in [2.45, 2.75) is 13.1 Å². The SMILES string of the molecule is CC(=O)Nc1ccc(OCC(=O)Nc2cccc(C(F)(F)F)c2)cc1. The second-order valence-electron chi connectivity index (χ2n) is 5.12. The van der Waals surface area contributed by atoms with Crippen LogP contribution in [0, 0.1) is 0 Å². The lowest BCUT2D eigenvalue weighted by Crippen LogP contribution is -2.20. The average Bonchev–Trinajstić information content (AvgIpc) is 2.53. The second kappa shape index (κ2) is 7.69. The zero-order chi connectivity index (χ0) is 18.4. The van der Waals surface area contributed by atoms with Gasteiger partial charge in [-0.05, 0) is 42.5 Å². The van der Waals surface area contributed by atoms with Crippen LogP contribution in [0.5, 0.6) is 5.75 Å². The maximum absolute atomic E-state index is 12.6. The highest BCUT2D eigenvalue weighted by atomic mass is 19.4. The first-order valence-corrected chi connectivity index (χ1v) is 7.21. The molecule has 0 saturated heterocycles. The van der Waals surface area contributed by atoms with Gasteiger partial charge in [-0.15, -0.1) is 0 Å². The number of carbonyl (C=O) groups excluding carboxylic acids is 2. The first-order valence-electron chi connectivity index (χ1n) is 7.21. The third kappa shape index (κ3) is 5.83. The molecule has 0 fully saturated rings. The topological polar surface area (TPSA) is 67.4 Å². The summed E-state index contributed by atoms with van der Waals surface area (Å²) in [5, 5.41) is 4.92. The third-order valence-corrected chi connectivity index (χ3v) is 3.02. The van der Waals surface area contributed by atoms with E-state index in [0.29, 0.717) is 11.4 Å². The van der Waals surface area contributed by atoms with Gasteiger partial charge in [0.1, 0.15) is 5.75 Å². The van der Waals surface area contributed by atoms with Crippen molar-refractivity contribution in [2.24, 2.45) is 0 Å². The van der Waals surface area contributed by atoms with Crippen LogP contribution in [0.3, 0.4) is 0 Å². The van der Waals surface area contributed by atoms with Crippen LogP contribution in [-0.4, -0.2) is 18.4 Å². The minimum atomic E-state index is -4.48. The molecule has 0 aliphatic heterocycles. The zero-order valence-corrected chi connectivity index (χ0v) is 13.2. The molecule has 132 valence electrons. The highest BCUT2D eigenvalue weighted by Crippen LogP contribution is 2.30. The van der Waals surface area contributed by atoms with Gasteiger partial charge in [0.25, 0.3) is 5.91 Å². The smallest absolute Gasteiger partial charge is 0.416 e. The van der Waals surface area contributed by atoms with E-state index in [0.717, 1.165) is 12.1 Å². The van der Waals surface area contributed by atoms with E-state index in [1.165, 1.54) is 19.1 Å². The highest BCUT2D eigenvalue weighted by Gasteiger charge is 2.30. The molecule has 8 heteroatoms. The van der Waals surface area contributed by atoms with Crippen molar-refractivity contribution >= 4 is 23.2 Å². The van der Waals surface area contributed by atoms with Crippen LogP contribution in [0.25, 0.3) is 0 Å². The van der Waals surface area contributed by atoms with Gasteiger partial charge in [0.2, 0.25) is 5.91 Å². The summed E-state index contributed by atoms with van der Waals surface area (Å²) in [5.74, 6) is -0.423. The number of nitrogens with one attached hydrogen (secondary N) is 2. The number of hydrogen-bond donors (Lipinski definition) is 2.